The molecule has 6 heteroatoms. The van der Waals surface area contributed by atoms with E-state index in [1.807, 2.05) is 0 Å². The topological polar surface area (TPSA) is 60.4 Å². The van der Waals surface area contributed by atoms with Gasteiger partial charge in [-0.25, -0.2) is 15.0 Å². The molecular formula is C7H12N4O2. The summed E-state index contributed by atoms with van der Waals surface area (Å²) in [5, 5.41) is 0. The van der Waals surface area contributed by atoms with Gasteiger partial charge in [0.25, 0.3) is 0 Å². The summed E-state index contributed by atoms with van der Waals surface area (Å²) in [7, 11) is 3.20. The molecule has 0 aliphatic heterocycles. The van der Waals surface area contributed by atoms with Crippen molar-refractivity contribution in [3.05, 3.63) is 12.7 Å². The Balaban J connectivity index is 2.64. The van der Waals surface area contributed by atoms with Crippen molar-refractivity contribution in [1.29, 1.82) is 0 Å². The van der Waals surface area contributed by atoms with Crippen LogP contribution in [0.3, 0.4) is 0 Å². The third kappa shape index (κ3) is 2.92. The molecule has 0 aliphatic rings. The van der Waals surface area contributed by atoms with Crippen LogP contribution in [0.25, 0.3) is 0 Å². The first-order chi connectivity index (χ1) is 6.38. The summed E-state index contributed by atoms with van der Waals surface area (Å²) in [5.41, 5.74) is 0. The van der Waals surface area contributed by atoms with E-state index in [1.165, 1.54) is 12.7 Å². The molecule has 1 aromatic rings. The molecule has 1 rings (SSSR count). The minimum absolute atomic E-state index is 0.387. The number of hydrogen-bond donors (Lipinski definition) is 0. The van der Waals surface area contributed by atoms with E-state index >= 15 is 0 Å². The van der Waals surface area contributed by atoms with Crippen LogP contribution in [0.4, 0.5) is 5.95 Å². The van der Waals surface area contributed by atoms with Crippen LogP contribution in [0.5, 0.6) is 0 Å². The second-order valence-electron chi connectivity index (χ2n) is 2.31. The summed E-state index contributed by atoms with van der Waals surface area (Å²) in [6, 6.07) is 0. The maximum absolute atomic E-state index is 4.96. The quantitative estimate of drug-likeness (QED) is 0.595. The first-order valence-corrected chi connectivity index (χ1v) is 3.73. The van der Waals surface area contributed by atoms with Gasteiger partial charge in [0.05, 0.1) is 0 Å². The van der Waals surface area contributed by atoms with Crippen molar-refractivity contribution in [3.8, 4) is 0 Å². The van der Waals surface area contributed by atoms with Gasteiger partial charge in [-0.1, -0.05) is 0 Å². The molecule has 0 N–H and O–H groups in total. The van der Waals surface area contributed by atoms with Gasteiger partial charge in [-0.05, 0) is 0 Å². The molecule has 13 heavy (non-hydrogen) atoms. The van der Waals surface area contributed by atoms with E-state index in [4.69, 9.17) is 9.47 Å². The Kier molecular flexibility index (Phi) is 4.07. The highest BCUT2D eigenvalue weighted by Gasteiger charge is 2.06. The normalized spacial score (nSPS) is 10.0. The minimum Gasteiger partial charge on any atom is -0.364 e. The second kappa shape index (κ2) is 5.39. The summed E-state index contributed by atoms with van der Waals surface area (Å²) < 4.78 is 9.91. The zero-order valence-electron chi connectivity index (χ0n) is 7.67. The minimum atomic E-state index is 0.387. The largest absolute Gasteiger partial charge is 0.364 e. The van der Waals surface area contributed by atoms with Crippen LogP contribution in [0.15, 0.2) is 12.7 Å². The first kappa shape index (κ1) is 9.82. The summed E-state index contributed by atoms with van der Waals surface area (Å²) >= 11 is 0. The Labute approximate surface area is 76.5 Å². The fourth-order valence-electron chi connectivity index (χ4n) is 0.861. The lowest BCUT2D eigenvalue weighted by Gasteiger charge is -2.19. The first-order valence-electron chi connectivity index (χ1n) is 3.73. The molecule has 0 saturated carbocycles. The van der Waals surface area contributed by atoms with E-state index in [9.17, 15) is 0 Å². The summed E-state index contributed by atoms with van der Waals surface area (Å²) in [6.07, 6.45) is 2.86. The van der Waals surface area contributed by atoms with Crippen molar-refractivity contribution >= 4 is 5.95 Å². The molecular weight excluding hydrogens is 172 g/mol. The molecule has 0 unspecified atom stereocenters. The smallest absolute Gasteiger partial charge is 0.232 e. The molecule has 0 aromatic carbocycles. The standard InChI is InChI=1S/C7H12N4O2/c1-12-5-11(6-13-2)7-9-3-8-4-10-7/h3-4H,5-6H2,1-2H3. The zero-order chi connectivity index (χ0) is 9.52. The Morgan fingerprint density at radius 3 is 2.15 bits per heavy atom. The maximum Gasteiger partial charge on any atom is 0.232 e. The third-order valence-electron chi connectivity index (χ3n) is 1.33. The van der Waals surface area contributed by atoms with Crippen molar-refractivity contribution in [2.24, 2.45) is 0 Å². The molecule has 0 radical (unpaired) electrons. The molecule has 0 saturated heterocycles. The van der Waals surface area contributed by atoms with Crippen LogP contribution >= 0.6 is 0 Å². The van der Waals surface area contributed by atoms with E-state index < -0.39 is 0 Å². The lowest BCUT2D eigenvalue weighted by atomic mass is 10.7. The van der Waals surface area contributed by atoms with Gasteiger partial charge < -0.3 is 9.47 Å². The fourth-order valence-corrected chi connectivity index (χ4v) is 0.861. The highest BCUT2D eigenvalue weighted by Crippen LogP contribution is 2.02. The van der Waals surface area contributed by atoms with Gasteiger partial charge in [-0.2, -0.15) is 0 Å². The second-order valence-corrected chi connectivity index (χ2v) is 2.31. The van der Waals surface area contributed by atoms with Crippen LogP contribution < -0.4 is 4.90 Å². The zero-order valence-corrected chi connectivity index (χ0v) is 7.67. The maximum atomic E-state index is 4.96. The molecule has 0 amide bonds. The molecule has 0 fully saturated rings. The average Bonchev–Trinajstić information content (AvgIpc) is 2.19. The summed E-state index contributed by atoms with van der Waals surface area (Å²) in [6.45, 7) is 0.774. The Morgan fingerprint density at radius 2 is 1.69 bits per heavy atom. The average molecular weight is 184 g/mol. The number of nitrogens with zero attached hydrogens (tertiary/aromatic N) is 4. The molecule has 1 aromatic heterocycles. The van der Waals surface area contributed by atoms with Crippen molar-refractivity contribution in [3.63, 3.8) is 0 Å². The van der Waals surface area contributed by atoms with E-state index in [0.717, 1.165) is 0 Å². The number of methoxy groups -OCH3 is 2. The molecule has 0 atom stereocenters. The number of aromatic nitrogens is 3. The van der Waals surface area contributed by atoms with Crippen molar-refractivity contribution in [2.45, 2.75) is 0 Å². The predicted octanol–water partition coefficient (Wildman–Crippen LogP) is -0.114. The summed E-state index contributed by atoms with van der Waals surface area (Å²) in [5.74, 6) is 0.540. The molecule has 6 nitrogen and oxygen atoms in total. The number of rotatable bonds is 5. The van der Waals surface area contributed by atoms with Crippen molar-refractivity contribution in [2.75, 3.05) is 32.6 Å². The van der Waals surface area contributed by atoms with Gasteiger partial charge in [0.1, 0.15) is 26.1 Å². The lowest BCUT2D eigenvalue weighted by Crippen LogP contribution is -2.29. The number of ether oxygens (including phenoxy) is 2. The van der Waals surface area contributed by atoms with Crippen LogP contribution in [-0.4, -0.2) is 42.6 Å². The van der Waals surface area contributed by atoms with Gasteiger partial charge in [-0.3, -0.25) is 4.90 Å². The summed E-state index contributed by atoms with van der Waals surface area (Å²) in [4.78, 5) is 13.4. The van der Waals surface area contributed by atoms with Gasteiger partial charge in [0, 0.05) is 14.2 Å². The Hall–Kier alpha value is -1.27. The van der Waals surface area contributed by atoms with Gasteiger partial charge in [-0.15, -0.1) is 0 Å². The number of anilines is 1. The van der Waals surface area contributed by atoms with Crippen molar-refractivity contribution in [1.82, 2.24) is 15.0 Å². The van der Waals surface area contributed by atoms with Crippen LogP contribution in [0.2, 0.25) is 0 Å². The number of hydrogen-bond acceptors (Lipinski definition) is 6. The molecule has 0 bridgehead atoms. The molecule has 72 valence electrons. The SMILES string of the molecule is COCN(COC)c1ncncn1. The highest BCUT2D eigenvalue weighted by molar-refractivity contribution is 5.24. The third-order valence-corrected chi connectivity index (χ3v) is 1.33. The Bertz CT molecular complexity index is 225. The highest BCUT2D eigenvalue weighted by atomic mass is 16.5. The Morgan fingerprint density at radius 1 is 1.15 bits per heavy atom. The molecule has 0 aliphatic carbocycles. The monoisotopic (exact) mass is 184 g/mol. The van der Waals surface area contributed by atoms with Crippen LogP contribution in [-0.2, 0) is 9.47 Å². The van der Waals surface area contributed by atoms with Crippen LogP contribution in [0.1, 0.15) is 0 Å². The fraction of sp³-hybridized carbons (Fsp3) is 0.571. The van der Waals surface area contributed by atoms with E-state index in [0.29, 0.717) is 19.4 Å². The van der Waals surface area contributed by atoms with Crippen LogP contribution in [0, 0.1) is 0 Å². The molecule has 1 heterocycles. The lowest BCUT2D eigenvalue weighted by molar-refractivity contribution is 0.138. The van der Waals surface area contributed by atoms with E-state index in [2.05, 4.69) is 15.0 Å². The molecule has 0 spiro atoms. The van der Waals surface area contributed by atoms with E-state index in [-0.39, 0.29) is 0 Å². The van der Waals surface area contributed by atoms with Gasteiger partial charge in [0.15, 0.2) is 0 Å². The van der Waals surface area contributed by atoms with E-state index in [1.54, 1.807) is 19.1 Å². The van der Waals surface area contributed by atoms with Crippen molar-refractivity contribution < 1.29 is 9.47 Å². The van der Waals surface area contributed by atoms with Gasteiger partial charge in [0.2, 0.25) is 5.95 Å². The van der Waals surface area contributed by atoms with Gasteiger partial charge >= 0.3 is 0 Å². The predicted molar refractivity (Wildman–Crippen MR) is 46.1 cm³/mol.